The predicted molar refractivity (Wildman–Crippen MR) is 112 cm³/mol. The number of carbonyl (C=O) groups is 2. The third-order valence-corrected chi connectivity index (χ3v) is 5.74. The molecular formula is C22H25F3N4O5. The van der Waals surface area contributed by atoms with Crippen LogP contribution in [-0.4, -0.2) is 57.7 Å². The maximum absolute atomic E-state index is 12.0. The number of ether oxygens (including phenoxy) is 2. The van der Waals surface area contributed by atoms with Gasteiger partial charge >= 0.3 is 12.1 Å². The van der Waals surface area contributed by atoms with E-state index < -0.39 is 12.1 Å². The lowest BCUT2D eigenvalue weighted by molar-refractivity contribution is -0.192. The molecule has 5 rings (SSSR count). The highest BCUT2D eigenvalue weighted by molar-refractivity contribution is 5.80. The van der Waals surface area contributed by atoms with Crippen LogP contribution < -0.4 is 14.8 Å². The van der Waals surface area contributed by atoms with Gasteiger partial charge in [-0.25, -0.2) is 4.79 Å². The molecule has 3 heterocycles. The summed E-state index contributed by atoms with van der Waals surface area (Å²) in [6, 6.07) is 8.22. The normalized spacial score (nSPS) is 19.4. The number of aliphatic carboxylic acids is 1. The number of fused-ring (bicyclic) bond motifs is 2. The Labute approximate surface area is 193 Å². The van der Waals surface area contributed by atoms with Crippen LogP contribution in [0.3, 0.4) is 0 Å². The molecule has 1 atom stereocenters. The van der Waals surface area contributed by atoms with Crippen molar-refractivity contribution in [2.75, 3.05) is 19.9 Å². The Balaban J connectivity index is 0.000000344. The van der Waals surface area contributed by atoms with Crippen LogP contribution in [-0.2, 0) is 29.2 Å². The second-order valence-electron chi connectivity index (χ2n) is 8.55. The molecule has 1 aromatic heterocycles. The highest BCUT2D eigenvalue weighted by Gasteiger charge is 2.38. The van der Waals surface area contributed by atoms with Crippen LogP contribution in [0.15, 0.2) is 30.5 Å². The number of carboxylic acids is 1. The molecule has 0 spiro atoms. The number of hydrogen-bond acceptors (Lipinski definition) is 6. The number of amides is 1. The molecule has 1 aromatic carbocycles. The minimum atomic E-state index is -5.08. The van der Waals surface area contributed by atoms with Crippen molar-refractivity contribution in [3.05, 3.63) is 41.7 Å². The summed E-state index contributed by atoms with van der Waals surface area (Å²) in [5.41, 5.74) is 2.42. The van der Waals surface area contributed by atoms with Crippen LogP contribution in [0.5, 0.6) is 11.5 Å². The van der Waals surface area contributed by atoms with Gasteiger partial charge in [0.05, 0.1) is 5.69 Å². The number of rotatable bonds is 5. The SMILES string of the molecule is O=C(NCC1CN(Cc2ccc3c(c2)OCO3)Cc2ccnn2C1)C1CC1.O=C(O)C(F)(F)F. The second kappa shape index (κ2) is 9.92. The van der Waals surface area contributed by atoms with Gasteiger partial charge in [0.15, 0.2) is 11.5 Å². The second-order valence-corrected chi connectivity index (χ2v) is 8.55. The fourth-order valence-corrected chi connectivity index (χ4v) is 3.90. The Morgan fingerprint density at radius 3 is 2.59 bits per heavy atom. The van der Waals surface area contributed by atoms with Crippen LogP contribution in [0.1, 0.15) is 24.1 Å². The highest BCUT2D eigenvalue weighted by atomic mass is 19.4. The Hall–Kier alpha value is -3.28. The molecule has 12 heteroatoms. The minimum Gasteiger partial charge on any atom is -0.475 e. The van der Waals surface area contributed by atoms with Crippen molar-refractivity contribution in [2.45, 2.75) is 38.7 Å². The lowest BCUT2D eigenvalue weighted by atomic mass is 10.1. The van der Waals surface area contributed by atoms with Gasteiger partial charge in [-0.1, -0.05) is 6.07 Å². The zero-order valence-electron chi connectivity index (χ0n) is 18.3. The summed E-state index contributed by atoms with van der Waals surface area (Å²) in [7, 11) is 0. The van der Waals surface area contributed by atoms with Crippen LogP contribution in [0.25, 0.3) is 0 Å². The lowest BCUT2D eigenvalue weighted by Crippen LogP contribution is -2.37. The first-order valence-electron chi connectivity index (χ1n) is 10.9. The minimum absolute atomic E-state index is 0.210. The molecule has 1 aliphatic carbocycles. The Morgan fingerprint density at radius 1 is 1.15 bits per heavy atom. The first-order chi connectivity index (χ1) is 16.2. The first kappa shape index (κ1) is 23.9. The summed E-state index contributed by atoms with van der Waals surface area (Å²) in [4.78, 5) is 23.4. The van der Waals surface area contributed by atoms with Gasteiger partial charge in [-0.05, 0) is 36.6 Å². The standard InChI is InChI=1S/C20H24N4O3.C2HF3O2/c25-20(16-2-3-16)21-8-15-10-23(12-17-5-6-22-24(17)11-15)9-14-1-4-18-19(7-14)27-13-26-18;3-2(4,5)1(6)7/h1,4-7,15-16H,2-3,8-13H2,(H,21,25);(H,6,7). The molecule has 0 radical (unpaired) electrons. The molecule has 3 aliphatic rings. The molecule has 9 nitrogen and oxygen atoms in total. The van der Waals surface area contributed by atoms with Crippen LogP contribution >= 0.6 is 0 Å². The molecule has 34 heavy (non-hydrogen) atoms. The molecule has 1 amide bonds. The van der Waals surface area contributed by atoms with E-state index in [4.69, 9.17) is 19.4 Å². The Bertz CT molecular complexity index is 1040. The molecular weight excluding hydrogens is 457 g/mol. The maximum Gasteiger partial charge on any atom is 0.490 e. The number of carboxylic acid groups (broad SMARTS) is 1. The number of aromatic nitrogens is 2. The molecule has 2 aromatic rings. The van der Waals surface area contributed by atoms with Crippen molar-refractivity contribution >= 4 is 11.9 Å². The van der Waals surface area contributed by atoms with Gasteiger partial charge in [0.2, 0.25) is 12.7 Å². The van der Waals surface area contributed by atoms with Gasteiger partial charge < -0.3 is 19.9 Å². The van der Waals surface area contributed by atoms with Crippen molar-refractivity contribution in [2.24, 2.45) is 11.8 Å². The van der Waals surface area contributed by atoms with Crippen LogP contribution in [0, 0.1) is 11.8 Å². The molecule has 184 valence electrons. The van der Waals surface area contributed by atoms with Gasteiger partial charge in [0.1, 0.15) is 0 Å². The number of benzene rings is 1. The molecule has 2 aliphatic heterocycles. The summed E-state index contributed by atoms with van der Waals surface area (Å²) in [5.74, 6) is -0.327. The quantitative estimate of drug-likeness (QED) is 0.674. The topological polar surface area (TPSA) is 106 Å². The average Bonchev–Trinajstić information content (AvgIpc) is 3.43. The van der Waals surface area contributed by atoms with E-state index >= 15 is 0 Å². The maximum atomic E-state index is 12.0. The Kier molecular flexibility index (Phi) is 6.96. The van der Waals surface area contributed by atoms with Gasteiger partial charge in [-0.2, -0.15) is 18.3 Å². The number of alkyl halides is 3. The predicted octanol–water partition coefficient (Wildman–Crippen LogP) is 2.40. The number of halogens is 3. The summed E-state index contributed by atoms with van der Waals surface area (Å²) >= 11 is 0. The van der Waals surface area contributed by atoms with E-state index in [0.29, 0.717) is 19.3 Å². The van der Waals surface area contributed by atoms with E-state index in [2.05, 4.69) is 38.2 Å². The molecule has 1 saturated carbocycles. The van der Waals surface area contributed by atoms with Crippen LogP contribution in [0.2, 0.25) is 0 Å². The molecule has 2 N–H and O–H groups in total. The zero-order valence-corrected chi connectivity index (χ0v) is 18.3. The number of nitrogens with zero attached hydrogens (tertiary/aromatic N) is 3. The third kappa shape index (κ3) is 6.19. The lowest BCUT2D eigenvalue weighted by Gasteiger charge is -2.24. The van der Waals surface area contributed by atoms with Gasteiger partial charge in [0.25, 0.3) is 0 Å². The Morgan fingerprint density at radius 2 is 1.88 bits per heavy atom. The van der Waals surface area contributed by atoms with E-state index in [1.165, 1.54) is 11.3 Å². The molecule has 1 fully saturated rings. The van der Waals surface area contributed by atoms with E-state index in [9.17, 15) is 18.0 Å². The number of hydrogen-bond donors (Lipinski definition) is 2. The fourth-order valence-electron chi connectivity index (χ4n) is 3.90. The molecule has 1 unspecified atom stereocenters. The van der Waals surface area contributed by atoms with E-state index in [0.717, 1.165) is 50.5 Å². The first-order valence-corrected chi connectivity index (χ1v) is 10.9. The van der Waals surface area contributed by atoms with Gasteiger partial charge in [0, 0.05) is 50.8 Å². The van der Waals surface area contributed by atoms with Crippen LogP contribution in [0.4, 0.5) is 13.2 Å². The summed E-state index contributed by atoms with van der Waals surface area (Å²) in [6.07, 6.45) is -1.15. The van der Waals surface area contributed by atoms with Crippen molar-refractivity contribution < 1.29 is 37.3 Å². The van der Waals surface area contributed by atoms with Crippen molar-refractivity contribution in [1.29, 1.82) is 0 Å². The summed E-state index contributed by atoms with van der Waals surface area (Å²) < 4.78 is 44.7. The van der Waals surface area contributed by atoms with Crippen molar-refractivity contribution in [3.63, 3.8) is 0 Å². The van der Waals surface area contributed by atoms with Crippen molar-refractivity contribution in [3.8, 4) is 11.5 Å². The average molecular weight is 482 g/mol. The zero-order chi connectivity index (χ0) is 24.3. The van der Waals surface area contributed by atoms with E-state index in [1.54, 1.807) is 0 Å². The van der Waals surface area contributed by atoms with Gasteiger partial charge in [-0.15, -0.1) is 0 Å². The monoisotopic (exact) mass is 482 g/mol. The largest absolute Gasteiger partial charge is 0.490 e. The van der Waals surface area contributed by atoms with E-state index in [-0.39, 0.29) is 11.8 Å². The summed E-state index contributed by atoms with van der Waals surface area (Å²) in [5, 5.41) is 14.7. The number of nitrogens with one attached hydrogen (secondary N) is 1. The van der Waals surface area contributed by atoms with Crippen molar-refractivity contribution in [1.82, 2.24) is 20.0 Å². The molecule has 0 bridgehead atoms. The highest BCUT2D eigenvalue weighted by Crippen LogP contribution is 2.33. The third-order valence-electron chi connectivity index (χ3n) is 5.74. The smallest absolute Gasteiger partial charge is 0.475 e. The molecule has 0 saturated heterocycles. The fraction of sp³-hybridized carbons (Fsp3) is 0.500. The van der Waals surface area contributed by atoms with E-state index in [1.807, 2.05) is 12.3 Å². The number of carbonyl (C=O) groups excluding carboxylic acids is 1. The summed E-state index contributed by atoms with van der Waals surface area (Å²) in [6.45, 7) is 4.43. The van der Waals surface area contributed by atoms with Gasteiger partial charge in [-0.3, -0.25) is 14.4 Å².